The number of barbiturate groups is 1. The highest BCUT2D eigenvalue weighted by molar-refractivity contribution is 6.39. The standard InChI is InChI=1S/C28H22ClN3O5/c1-36-21-10-12-22(13-11-21)37-15-14-31-17-18(23-4-2-3-5-25(23)31)16-24-26(33)30-28(35)32(27(24)34)20-8-6-19(29)7-9-20/h2-13,16-17H,14-15H2,1H3,(H,30,33,35). The van der Waals surface area contributed by atoms with Gasteiger partial charge in [-0.2, -0.15) is 0 Å². The summed E-state index contributed by atoms with van der Waals surface area (Å²) in [6.07, 6.45) is 3.37. The van der Waals surface area contributed by atoms with Crippen LogP contribution in [0.2, 0.25) is 5.02 Å². The molecule has 186 valence electrons. The highest BCUT2D eigenvalue weighted by atomic mass is 35.5. The minimum atomic E-state index is -0.812. The van der Waals surface area contributed by atoms with Gasteiger partial charge in [-0.05, 0) is 60.7 Å². The molecule has 4 aromatic rings. The van der Waals surface area contributed by atoms with Gasteiger partial charge in [0.2, 0.25) is 0 Å². The molecular formula is C28H22ClN3O5. The van der Waals surface area contributed by atoms with Gasteiger partial charge in [-0.1, -0.05) is 29.8 Å². The third-order valence-corrected chi connectivity index (χ3v) is 6.22. The summed E-state index contributed by atoms with van der Waals surface area (Å²) in [5.74, 6) is 0.00529. The van der Waals surface area contributed by atoms with Crippen molar-refractivity contribution >= 4 is 52.1 Å². The number of para-hydroxylation sites is 1. The Bertz CT molecular complexity index is 1520. The van der Waals surface area contributed by atoms with Gasteiger partial charge in [0.1, 0.15) is 23.7 Å². The van der Waals surface area contributed by atoms with E-state index in [4.69, 9.17) is 21.1 Å². The third kappa shape index (κ3) is 4.92. The van der Waals surface area contributed by atoms with E-state index in [1.807, 2.05) is 59.3 Å². The van der Waals surface area contributed by atoms with Crippen molar-refractivity contribution in [2.24, 2.45) is 0 Å². The Balaban J connectivity index is 1.42. The number of benzene rings is 3. The number of fused-ring (bicyclic) bond motifs is 1. The zero-order valence-electron chi connectivity index (χ0n) is 19.8. The lowest BCUT2D eigenvalue weighted by Gasteiger charge is -2.26. The van der Waals surface area contributed by atoms with Gasteiger partial charge in [0.15, 0.2) is 0 Å². The Labute approximate surface area is 217 Å². The van der Waals surface area contributed by atoms with Crippen molar-refractivity contribution < 1.29 is 23.9 Å². The van der Waals surface area contributed by atoms with Crippen molar-refractivity contribution in [3.63, 3.8) is 0 Å². The first-order valence-electron chi connectivity index (χ1n) is 11.5. The summed E-state index contributed by atoms with van der Waals surface area (Å²) in [5.41, 5.74) is 1.75. The molecule has 1 aromatic heterocycles. The molecule has 1 aliphatic rings. The summed E-state index contributed by atoms with van der Waals surface area (Å²) in [7, 11) is 1.61. The predicted molar refractivity (Wildman–Crippen MR) is 141 cm³/mol. The molecule has 9 heteroatoms. The number of halogens is 1. The minimum absolute atomic E-state index is 0.146. The maximum Gasteiger partial charge on any atom is 0.335 e. The number of carbonyl (C=O) groups is 3. The number of hydrogen-bond acceptors (Lipinski definition) is 5. The van der Waals surface area contributed by atoms with Gasteiger partial charge in [-0.3, -0.25) is 14.9 Å². The van der Waals surface area contributed by atoms with Crippen LogP contribution < -0.4 is 19.7 Å². The topological polar surface area (TPSA) is 89.9 Å². The quantitative estimate of drug-likeness (QED) is 0.275. The molecule has 1 aliphatic heterocycles. The van der Waals surface area contributed by atoms with Crippen LogP contribution in [0.5, 0.6) is 11.5 Å². The van der Waals surface area contributed by atoms with Crippen molar-refractivity contribution in [1.82, 2.24) is 9.88 Å². The number of hydrogen-bond donors (Lipinski definition) is 1. The number of rotatable bonds is 7. The van der Waals surface area contributed by atoms with Crippen LogP contribution in [0, 0.1) is 0 Å². The summed E-state index contributed by atoms with van der Waals surface area (Å²) in [6.45, 7) is 0.935. The van der Waals surface area contributed by atoms with Gasteiger partial charge < -0.3 is 14.0 Å². The molecule has 2 heterocycles. The van der Waals surface area contributed by atoms with E-state index in [-0.39, 0.29) is 5.57 Å². The Morgan fingerprint density at radius 1 is 0.919 bits per heavy atom. The lowest BCUT2D eigenvalue weighted by molar-refractivity contribution is -0.122. The maximum absolute atomic E-state index is 13.3. The molecular weight excluding hydrogens is 494 g/mol. The summed E-state index contributed by atoms with van der Waals surface area (Å²) in [6, 6.07) is 20.4. The summed E-state index contributed by atoms with van der Waals surface area (Å²) >= 11 is 5.94. The Morgan fingerprint density at radius 2 is 1.62 bits per heavy atom. The fourth-order valence-electron chi connectivity index (χ4n) is 4.15. The van der Waals surface area contributed by atoms with Gasteiger partial charge in [-0.25, -0.2) is 9.69 Å². The molecule has 1 N–H and O–H groups in total. The van der Waals surface area contributed by atoms with Crippen LogP contribution in [0.3, 0.4) is 0 Å². The first-order chi connectivity index (χ1) is 17.9. The van der Waals surface area contributed by atoms with Gasteiger partial charge >= 0.3 is 6.03 Å². The second kappa shape index (κ2) is 10.2. The van der Waals surface area contributed by atoms with Gasteiger partial charge in [-0.15, -0.1) is 0 Å². The van der Waals surface area contributed by atoms with E-state index in [9.17, 15) is 14.4 Å². The highest BCUT2D eigenvalue weighted by Crippen LogP contribution is 2.27. The van der Waals surface area contributed by atoms with Gasteiger partial charge in [0.05, 0.1) is 19.3 Å². The van der Waals surface area contributed by atoms with Gasteiger partial charge in [0.25, 0.3) is 11.8 Å². The summed E-state index contributed by atoms with van der Waals surface area (Å²) in [4.78, 5) is 39.3. The number of imide groups is 2. The molecule has 0 spiro atoms. The minimum Gasteiger partial charge on any atom is -0.497 e. The van der Waals surface area contributed by atoms with Crippen molar-refractivity contribution in [2.75, 3.05) is 18.6 Å². The first kappa shape index (κ1) is 24.1. The molecule has 37 heavy (non-hydrogen) atoms. The molecule has 8 nitrogen and oxygen atoms in total. The fourth-order valence-corrected chi connectivity index (χ4v) is 4.27. The number of anilines is 1. The molecule has 0 bridgehead atoms. The Hall–Kier alpha value is -4.56. The van der Waals surface area contributed by atoms with Crippen LogP contribution >= 0.6 is 11.6 Å². The normalized spacial score (nSPS) is 14.8. The van der Waals surface area contributed by atoms with Crippen molar-refractivity contribution in [2.45, 2.75) is 6.54 Å². The molecule has 0 unspecified atom stereocenters. The molecule has 0 saturated carbocycles. The van der Waals surface area contributed by atoms with Crippen LogP contribution in [-0.2, 0) is 16.1 Å². The van der Waals surface area contributed by atoms with E-state index >= 15 is 0 Å². The van der Waals surface area contributed by atoms with E-state index in [1.54, 1.807) is 31.4 Å². The van der Waals surface area contributed by atoms with E-state index in [2.05, 4.69) is 5.32 Å². The van der Waals surface area contributed by atoms with Crippen LogP contribution in [0.4, 0.5) is 10.5 Å². The molecule has 0 aliphatic carbocycles. The van der Waals surface area contributed by atoms with Crippen LogP contribution in [0.25, 0.3) is 17.0 Å². The number of methoxy groups -OCH3 is 1. The number of urea groups is 1. The zero-order valence-corrected chi connectivity index (χ0v) is 20.6. The smallest absolute Gasteiger partial charge is 0.335 e. The maximum atomic E-state index is 13.3. The molecule has 0 radical (unpaired) electrons. The lowest BCUT2D eigenvalue weighted by Crippen LogP contribution is -2.54. The van der Waals surface area contributed by atoms with Crippen molar-refractivity contribution in [1.29, 1.82) is 0 Å². The molecule has 1 fully saturated rings. The molecule has 3 aromatic carbocycles. The Kier molecular flexibility index (Phi) is 6.66. The summed E-state index contributed by atoms with van der Waals surface area (Å²) in [5, 5.41) is 3.57. The predicted octanol–water partition coefficient (Wildman–Crippen LogP) is 5.05. The number of carbonyl (C=O) groups excluding carboxylic acids is 3. The van der Waals surface area contributed by atoms with E-state index in [0.717, 1.165) is 27.3 Å². The largest absolute Gasteiger partial charge is 0.497 e. The van der Waals surface area contributed by atoms with E-state index in [0.29, 0.717) is 29.4 Å². The van der Waals surface area contributed by atoms with Crippen LogP contribution in [-0.4, -0.2) is 36.1 Å². The lowest BCUT2D eigenvalue weighted by atomic mass is 10.1. The van der Waals surface area contributed by atoms with Crippen molar-refractivity contribution in [3.05, 3.63) is 95.2 Å². The second-order valence-corrected chi connectivity index (χ2v) is 8.69. The highest BCUT2D eigenvalue weighted by Gasteiger charge is 2.37. The molecule has 5 rings (SSSR count). The summed E-state index contributed by atoms with van der Waals surface area (Å²) < 4.78 is 13.0. The average Bonchev–Trinajstić information content (AvgIpc) is 3.25. The first-order valence-corrected chi connectivity index (χ1v) is 11.8. The van der Waals surface area contributed by atoms with Crippen LogP contribution in [0.1, 0.15) is 5.56 Å². The zero-order chi connectivity index (χ0) is 25.9. The number of amides is 4. The SMILES string of the molecule is COc1ccc(OCCn2cc(C=C3C(=O)NC(=O)N(c4ccc(Cl)cc4)C3=O)c3ccccc32)cc1. The Morgan fingerprint density at radius 3 is 2.35 bits per heavy atom. The average molecular weight is 516 g/mol. The number of nitrogens with one attached hydrogen (secondary N) is 1. The van der Waals surface area contributed by atoms with E-state index < -0.39 is 17.8 Å². The monoisotopic (exact) mass is 515 g/mol. The fraction of sp³-hybridized carbons (Fsp3) is 0.107. The van der Waals surface area contributed by atoms with Gasteiger partial charge in [0, 0.05) is 27.7 Å². The van der Waals surface area contributed by atoms with E-state index in [1.165, 1.54) is 6.08 Å². The number of nitrogens with zero attached hydrogens (tertiary/aromatic N) is 2. The molecule has 0 atom stereocenters. The van der Waals surface area contributed by atoms with Crippen molar-refractivity contribution in [3.8, 4) is 11.5 Å². The third-order valence-electron chi connectivity index (χ3n) is 5.97. The van der Waals surface area contributed by atoms with Crippen LogP contribution in [0.15, 0.2) is 84.6 Å². The molecule has 1 saturated heterocycles. The number of aromatic nitrogens is 1. The molecule has 4 amide bonds. The second-order valence-electron chi connectivity index (χ2n) is 8.25. The number of ether oxygens (including phenoxy) is 2.